The Bertz CT molecular complexity index is 1170. The molecule has 1 N–H and O–H groups in total. The monoisotopic (exact) mass is 371 g/mol. The number of nitrogens with zero attached hydrogens (tertiary/aromatic N) is 4. The summed E-state index contributed by atoms with van der Waals surface area (Å²) in [6.45, 7) is 0.242. The van der Waals surface area contributed by atoms with Crippen LogP contribution in [0.4, 0.5) is 5.69 Å². The first-order chi connectivity index (χ1) is 13.7. The fourth-order valence-electron chi connectivity index (χ4n) is 2.84. The number of aromatic nitrogens is 4. The van der Waals surface area contributed by atoms with Gasteiger partial charge in [-0.25, -0.2) is 15.0 Å². The van der Waals surface area contributed by atoms with Gasteiger partial charge in [0.15, 0.2) is 5.82 Å². The van der Waals surface area contributed by atoms with E-state index in [1.807, 2.05) is 36.4 Å². The van der Waals surface area contributed by atoms with Gasteiger partial charge in [-0.2, -0.15) is 0 Å². The van der Waals surface area contributed by atoms with Crippen LogP contribution < -0.4 is 10.9 Å². The van der Waals surface area contributed by atoms with Crippen molar-refractivity contribution < 1.29 is 4.79 Å². The van der Waals surface area contributed by atoms with Gasteiger partial charge in [0.2, 0.25) is 5.91 Å². The standard InChI is InChI=1S/C21H17N5O2/c27-19(10-11-26-14-24-18-9-5-4-8-17(18)21(26)28)25-16-12-22-20(23-13-16)15-6-2-1-3-7-15/h1-9,12-14H,10-11H2,(H,25,27). The number of hydrogen-bond acceptors (Lipinski definition) is 5. The van der Waals surface area contributed by atoms with Crippen LogP contribution in [0.1, 0.15) is 6.42 Å². The Kier molecular flexibility index (Phi) is 4.88. The first-order valence-corrected chi connectivity index (χ1v) is 8.82. The van der Waals surface area contributed by atoms with Gasteiger partial charge < -0.3 is 5.32 Å². The zero-order chi connectivity index (χ0) is 19.3. The smallest absolute Gasteiger partial charge is 0.261 e. The molecule has 0 aliphatic heterocycles. The molecule has 0 unspecified atom stereocenters. The molecule has 0 spiro atoms. The van der Waals surface area contributed by atoms with Crippen LogP contribution in [0.3, 0.4) is 0 Å². The number of para-hydroxylation sites is 1. The molecule has 0 saturated carbocycles. The molecule has 28 heavy (non-hydrogen) atoms. The molecule has 4 rings (SSSR count). The van der Waals surface area contributed by atoms with Gasteiger partial charge in [-0.1, -0.05) is 42.5 Å². The van der Waals surface area contributed by atoms with E-state index in [-0.39, 0.29) is 24.4 Å². The summed E-state index contributed by atoms with van der Waals surface area (Å²) in [6.07, 6.45) is 4.74. The number of carbonyl (C=O) groups excluding carboxylic acids is 1. The molecule has 2 heterocycles. The molecule has 4 aromatic rings. The van der Waals surface area contributed by atoms with Crippen molar-refractivity contribution in [2.45, 2.75) is 13.0 Å². The average Bonchev–Trinajstić information content (AvgIpc) is 2.75. The zero-order valence-electron chi connectivity index (χ0n) is 14.9. The number of hydrogen-bond donors (Lipinski definition) is 1. The Morgan fingerprint density at radius 2 is 1.64 bits per heavy atom. The second-order valence-corrected chi connectivity index (χ2v) is 6.22. The van der Waals surface area contributed by atoms with E-state index in [2.05, 4.69) is 20.3 Å². The Morgan fingerprint density at radius 3 is 2.43 bits per heavy atom. The molecule has 0 fully saturated rings. The highest BCUT2D eigenvalue weighted by Crippen LogP contribution is 2.15. The van der Waals surface area contributed by atoms with Gasteiger partial charge >= 0.3 is 0 Å². The lowest BCUT2D eigenvalue weighted by molar-refractivity contribution is -0.116. The number of fused-ring (bicyclic) bond motifs is 1. The summed E-state index contributed by atoms with van der Waals surface area (Å²) in [5, 5.41) is 3.29. The Hall–Kier alpha value is -3.87. The number of benzene rings is 2. The molecule has 2 aromatic heterocycles. The molecule has 0 bridgehead atoms. The normalized spacial score (nSPS) is 10.7. The molecule has 0 atom stereocenters. The third-order valence-electron chi connectivity index (χ3n) is 4.28. The van der Waals surface area contributed by atoms with Crippen molar-refractivity contribution in [3.05, 3.63) is 83.7 Å². The lowest BCUT2D eigenvalue weighted by Gasteiger charge is -2.08. The van der Waals surface area contributed by atoms with E-state index >= 15 is 0 Å². The van der Waals surface area contributed by atoms with Crippen LogP contribution in [0.5, 0.6) is 0 Å². The Labute approximate surface area is 160 Å². The maximum absolute atomic E-state index is 12.4. The van der Waals surface area contributed by atoms with Crippen LogP contribution in [0.2, 0.25) is 0 Å². The fourth-order valence-corrected chi connectivity index (χ4v) is 2.84. The minimum Gasteiger partial charge on any atom is -0.323 e. The number of rotatable bonds is 5. The Morgan fingerprint density at radius 1 is 0.929 bits per heavy atom. The van der Waals surface area contributed by atoms with Crippen LogP contribution in [0.25, 0.3) is 22.3 Å². The highest BCUT2D eigenvalue weighted by molar-refractivity contribution is 5.90. The molecule has 2 aromatic carbocycles. The summed E-state index contributed by atoms with van der Waals surface area (Å²) in [4.78, 5) is 37.5. The van der Waals surface area contributed by atoms with Crippen molar-refractivity contribution in [3.63, 3.8) is 0 Å². The SMILES string of the molecule is O=C(CCn1cnc2ccccc2c1=O)Nc1cnc(-c2ccccc2)nc1. The van der Waals surface area contributed by atoms with Crippen molar-refractivity contribution in [2.75, 3.05) is 5.32 Å². The molecule has 0 aliphatic carbocycles. The molecule has 0 aliphatic rings. The minimum absolute atomic E-state index is 0.139. The number of anilines is 1. The van der Waals surface area contributed by atoms with Crippen molar-refractivity contribution in [3.8, 4) is 11.4 Å². The van der Waals surface area contributed by atoms with E-state index in [9.17, 15) is 9.59 Å². The molecule has 138 valence electrons. The summed E-state index contributed by atoms with van der Waals surface area (Å²) in [6, 6.07) is 16.7. The largest absolute Gasteiger partial charge is 0.323 e. The van der Waals surface area contributed by atoms with Crippen molar-refractivity contribution in [1.29, 1.82) is 0 Å². The number of amides is 1. The number of nitrogens with one attached hydrogen (secondary N) is 1. The quantitative estimate of drug-likeness (QED) is 0.583. The number of carbonyl (C=O) groups is 1. The lowest BCUT2D eigenvalue weighted by atomic mass is 10.2. The highest BCUT2D eigenvalue weighted by atomic mass is 16.2. The fraction of sp³-hybridized carbons (Fsp3) is 0.0952. The third-order valence-corrected chi connectivity index (χ3v) is 4.28. The van der Waals surface area contributed by atoms with E-state index in [1.165, 1.54) is 10.9 Å². The third kappa shape index (κ3) is 3.78. The maximum Gasteiger partial charge on any atom is 0.261 e. The average molecular weight is 371 g/mol. The summed E-state index contributed by atoms with van der Waals surface area (Å²) in [7, 11) is 0. The first kappa shape index (κ1) is 17.5. The highest BCUT2D eigenvalue weighted by Gasteiger charge is 2.08. The van der Waals surface area contributed by atoms with Crippen LogP contribution >= 0.6 is 0 Å². The second kappa shape index (κ2) is 7.79. The molecule has 0 radical (unpaired) electrons. The van der Waals surface area contributed by atoms with Crippen LogP contribution in [0, 0.1) is 0 Å². The molecule has 7 nitrogen and oxygen atoms in total. The van der Waals surface area contributed by atoms with E-state index in [1.54, 1.807) is 30.6 Å². The van der Waals surface area contributed by atoms with Crippen molar-refractivity contribution in [1.82, 2.24) is 19.5 Å². The van der Waals surface area contributed by atoms with Crippen LogP contribution in [-0.2, 0) is 11.3 Å². The molecular formula is C21H17N5O2. The molecular weight excluding hydrogens is 354 g/mol. The van der Waals surface area contributed by atoms with Gasteiger partial charge in [0, 0.05) is 18.5 Å². The van der Waals surface area contributed by atoms with Gasteiger partial charge in [0.05, 0.1) is 35.3 Å². The summed E-state index contributed by atoms with van der Waals surface area (Å²) >= 11 is 0. The van der Waals surface area contributed by atoms with E-state index < -0.39 is 0 Å². The summed E-state index contributed by atoms with van der Waals surface area (Å²) in [5.41, 5.74) is 1.90. The van der Waals surface area contributed by atoms with Gasteiger partial charge in [-0.3, -0.25) is 14.2 Å². The van der Waals surface area contributed by atoms with Gasteiger partial charge in [-0.05, 0) is 12.1 Å². The van der Waals surface area contributed by atoms with Crippen molar-refractivity contribution in [2.24, 2.45) is 0 Å². The maximum atomic E-state index is 12.4. The van der Waals surface area contributed by atoms with Crippen molar-refractivity contribution >= 4 is 22.5 Å². The van der Waals surface area contributed by atoms with Crippen LogP contribution in [-0.4, -0.2) is 25.4 Å². The minimum atomic E-state index is -0.226. The van der Waals surface area contributed by atoms with Gasteiger partial charge in [-0.15, -0.1) is 0 Å². The Balaban J connectivity index is 1.40. The predicted octanol–water partition coefficient (Wildman–Crippen LogP) is 2.88. The summed E-state index contributed by atoms with van der Waals surface area (Å²) in [5.74, 6) is 0.364. The van der Waals surface area contributed by atoms with Crippen LogP contribution in [0.15, 0.2) is 78.1 Å². The topological polar surface area (TPSA) is 89.8 Å². The van der Waals surface area contributed by atoms with Gasteiger partial charge in [0.1, 0.15) is 0 Å². The lowest BCUT2D eigenvalue weighted by Crippen LogP contribution is -2.23. The van der Waals surface area contributed by atoms with E-state index in [0.717, 1.165) is 5.56 Å². The van der Waals surface area contributed by atoms with E-state index in [4.69, 9.17) is 0 Å². The number of aryl methyl sites for hydroxylation is 1. The molecule has 1 amide bonds. The second-order valence-electron chi connectivity index (χ2n) is 6.22. The molecule has 0 saturated heterocycles. The first-order valence-electron chi connectivity index (χ1n) is 8.82. The summed E-state index contributed by atoms with van der Waals surface area (Å²) < 4.78 is 1.44. The molecule has 7 heteroatoms. The van der Waals surface area contributed by atoms with E-state index in [0.29, 0.717) is 22.4 Å². The zero-order valence-corrected chi connectivity index (χ0v) is 14.9. The predicted molar refractivity (Wildman–Crippen MR) is 107 cm³/mol. The van der Waals surface area contributed by atoms with Gasteiger partial charge in [0.25, 0.3) is 5.56 Å².